The Morgan fingerprint density at radius 2 is 0.750 bits per heavy atom. The van der Waals surface area contributed by atoms with Crippen LogP contribution >= 0.6 is 0 Å². The molecule has 0 spiro atoms. The second-order valence-electron chi connectivity index (χ2n) is 16.1. The Balaban J connectivity index is 1.13. The third-order valence-corrected chi connectivity index (χ3v) is 12.8. The smallest absolute Gasteiger partial charge is 0.0541 e. The van der Waals surface area contributed by atoms with E-state index in [9.17, 15) is 0 Å². The van der Waals surface area contributed by atoms with Gasteiger partial charge in [-0.3, -0.25) is 0 Å². The standard InChI is InChI=1S/C58H36N2/c1-2-12-37(13-3-1)38-30-32-43(33-31-38)59(44-17-11-18-45(35-44)60-53-24-6-4-19-47(53)48-20-5-7-25-54(48)60)46-34-42-29-28-41-15-9-22-50-49-21-8-14-39-26-27-40-16-10-23-51(57(40)55(39)49)52(36-46)58(42)56(41)50/h1-36H. The molecule has 0 amide bonds. The summed E-state index contributed by atoms with van der Waals surface area (Å²) in [6.07, 6.45) is 0. The highest BCUT2D eigenvalue weighted by molar-refractivity contribution is 6.37. The lowest BCUT2D eigenvalue weighted by molar-refractivity contribution is 1.17. The van der Waals surface area contributed by atoms with E-state index in [1.54, 1.807) is 0 Å². The van der Waals surface area contributed by atoms with Gasteiger partial charge in [0.1, 0.15) is 0 Å². The number of hydrogen-bond acceptors (Lipinski definition) is 1. The van der Waals surface area contributed by atoms with Crippen LogP contribution in [0.25, 0.3) is 103 Å². The van der Waals surface area contributed by atoms with Crippen molar-refractivity contribution >= 4 is 104 Å². The highest BCUT2D eigenvalue weighted by Crippen LogP contribution is 2.47. The lowest BCUT2D eigenvalue weighted by atomic mass is 9.87. The summed E-state index contributed by atoms with van der Waals surface area (Å²) in [5, 5.41) is 17.8. The van der Waals surface area contributed by atoms with Gasteiger partial charge in [-0.1, -0.05) is 164 Å². The van der Waals surface area contributed by atoms with Crippen molar-refractivity contribution in [3.05, 3.63) is 218 Å². The maximum absolute atomic E-state index is 2.46. The van der Waals surface area contributed by atoms with E-state index in [0.29, 0.717) is 0 Å². The third-order valence-electron chi connectivity index (χ3n) is 12.8. The molecule has 0 fully saturated rings. The summed E-state index contributed by atoms with van der Waals surface area (Å²) in [6.45, 7) is 0. The molecule has 1 heterocycles. The summed E-state index contributed by atoms with van der Waals surface area (Å²) in [5.41, 5.74) is 9.21. The number of aromatic nitrogens is 1. The van der Waals surface area contributed by atoms with Crippen LogP contribution in [-0.2, 0) is 0 Å². The first kappa shape index (κ1) is 33.1. The molecule has 0 saturated heterocycles. The maximum Gasteiger partial charge on any atom is 0.0541 e. The van der Waals surface area contributed by atoms with Gasteiger partial charge in [0.15, 0.2) is 0 Å². The molecule has 13 aromatic rings. The minimum atomic E-state index is 1.09. The van der Waals surface area contributed by atoms with Crippen LogP contribution < -0.4 is 4.90 Å². The molecule has 0 aliphatic carbocycles. The van der Waals surface area contributed by atoms with Gasteiger partial charge in [0.25, 0.3) is 0 Å². The quantitative estimate of drug-likeness (QED) is 0.159. The van der Waals surface area contributed by atoms with Crippen LogP contribution in [0, 0.1) is 0 Å². The van der Waals surface area contributed by atoms with Crippen molar-refractivity contribution in [1.82, 2.24) is 4.57 Å². The van der Waals surface area contributed by atoms with Crippen LogP contribution in [0.15, 0.2) is 218 Å². The maximum atomic E-state index is 2.46. The first-order valence-electron chi connectivity index (χ1n) is 20.8. The van der Waals surface area contributed by atoms with Crippen LogP contribution in [0.1, 0.15) is 0 Å². The van der Waals surface area contributed by atoms with Crippen LogP contribution in [0.5, 0.6) is 0 Å². The Bertz CT molecular complexity index is 3760. The van der Waals surface area contributed by atoms with Crippen molar-refractivity contribution in [2.24, 2.45) is 0 Å². The van der Waals surface area contributed by atoms with E-state index in [-0.39, 0.29) is 0 Å². The van der Waals surface area contributed by atoms with Crippen molar-refractivity contribution < 1.29 is 0 Å². The van der Waals surface area contributed by atoms with Crippen molar-refractivity contribution in [3.63, 3.8) is 0 Å². The van der Waals surface area contributed by atoms with Gasteiger partial charge in [0.2, 0.25) is 0 Å². The molecule has 0 unspecified atom stereocenters. The van der Waals surface area contributed by atoms with Crippen LogP contribution in [0.4, 0.5) is 17.1 Å². The van der Waals surface area contributed by atoms with Crippen LogP contribution in [0.3, 0.4) is 0 Å². The topological polar surface area (TPSA) is 8.17 Å². The summed E-state index contributed by atoms with van der Waals surface area (Å²) in [6, 6.07) is 80.8. The number of fused-ring (bicyclic) bond motifs is 5. The molecular formula is C58H36N2. The van der Waals surface area contributed by atoms with Crippen molar-refractivity contribution in [3.8, 4) is 16.8 Å². The molecule has 1 aromatic heterocycles. The van der Waals surface area contributed by atoms with E-state index in [2.05, 4.69) is 228 Å². The van der Waals surface area contributed by atoms with E-state index in [1.807, 2.05) is 0 Å². The fourth-order valence-electron chi connectivity index (χ4n) is 10.3. The minimum absolute atomic E-state index is 1.09. The lowest BCUT2D eigenvalue weighted by Gasteiger charge is -2.27. The highest BCUT2D eigenvalue weighted by atomic mass is 15.1. The molecule has 12 aromatic carbocycles. The predicted octanol–water partition coefficient (Wildman–Crippen LogP) is 16.3. The average molecular weight is 761 g/mol. The molecule has 60 heavy (non-hydrogen) atoms. The van der Waals surface area contributed by atoms with Crippen molar-refractivity contribution in [2.45, 2.75) is 0 Å². The SMILES string of the molecule is c1ccc(-c2ccc(N(c3cccc(-n4c5ccccc5c5ccccc54)c3)c3cc4ccc5cccc6c7cccc8ccc9cccc(c(c3)c4c56)c9c87)cc2)cc1. The molecule has 0 N–H and O–H groups in total. The largest absolute Gasteiger partial charge is 0.310 e. The van der Waals surface area contributed by atoms with Gasteiger partial charge in [-0.2, -0.15) is 0 Å². The molecule has 278 valence electrons. The zero-order valence-electron chi connectivity index (χ0n) is 32.7. The minimum Gasteiger partial charge on any atom is -0.310 e. The monoisotopic (exact) mass is 760 g/mol. The molecule has 0 aliphatic heterocycles. The summed E-state index contributed by atoms with van der Waals surface area (Å²) < 4.78 is 2.41. The third kappa shape index (κ3) is 4.82. The van der Waals surface area contributed by atoms with E-state index >= 15 is 0 Å². The first-order chi connectivity index (χ1) is 29.8. The average Bonchev–Trinajstić information content (AvgIpc) is 3.65. The molecule has 2 nitrogen and oxygen atoms in total. The zero-order valence-corrected chi connectivity index (χ0v) is 32.7. The Labute approximate surface area is 346 Å². The summed E-state index contributed by atoms with van der Waals surface area (Å²) >= 11 is 0. The lowest BCUT2D eigenvalue weighted by Crippen LogP contribution is -2.11. The van der Waals surface area contributed by atoms with Gasteiger partial charge in [0, 0.05) is 33.5 Å². The second kappa shape index (κ2) is 12.8. The molecule has 0 aliphatic rings. The van der Waals surface area contributed by atoms with E-state index in [1.165, 1.54) is 97.6 Å². The Hall–Kier alpha value is -7.94. The van der Waals surface area contributed by atoms with Crippen LogP contribution in [-0.4, -0.2) is 4.57 Å². The van der Waals surface area contributed by atoms with E-state index in [0.717, 1.165) is 22.7 Å². The van der Waals surface area contributed by atoms with Gasteiger partial charge in [-0.15, -0.1) is 0 Å². The van der Waals surface area contributed by atoms with Gasteiger partial charge >= 0.3 is 0 Å². The Morgan fingerprint density at radius 1 is 0.267 bits per heavy atom. The number of nitrogens with zero attached hydrogens (tertiary/aromatic N) is 2. The number of rotatable bonds is 5. The van der Waals surface area contributed by atoms with Gasteiger partial charge < -0.3 is 9.47 Å². The Morgan fingerprint density at radius 3 is 1.37 bits per heavy atom. The van der Waals surface area contributed by atoms with Crippen molar-refractivity contribution in [1.29, 1.82) is 0 Å². The fraction of sp³-hybridized carbons (Fsp3) is 0. The molecule has 2 heteroatoms. The van der Waals surface area contributed by atoms with Gasteiger partial charge in [-0.05, 0) is 130 Å². The second-order valence-corrected chi connectivity index (χ2v) is 16.1. The summed E-state index contributed by atoms with van der Waals surface area (Å²) in [5.74, 6) is 0. The van der Waals surface area contributed by atoms with Crippen LogP contribution in [0.2, 0.25) is 0 Å². The number of para-hydroxylation sites is 2. The molecule has 13 rings (SSSR count). The molecule has 0 bridgehead atoms. The zero-order chi connectivity index (χ0) is 39.3. The van der Waals surface area contributed by atoms with Gasteiger partial charge in [0.05, 0.1) is 11.0 Å². The highest BCUT2D eigenvalue weighted by Gasteiger charge is 2.21. The first-order valence-corrected chi connectivity index (χ1v) is 20.8. The fourth-order valence-corrected chi connectivity index (χ4v) is 10.3. The normalized spacial score (nSPS) is 12.0. The van der Waals surface area contributed by atoms with E-state index in [4.69, 9.17) is 0 Å². The summed E-state index contributed by atoms with van der Waals surface area (Å²) in [4.78, 5) is 2.45. The predicted molar refractivity (Wildman–Crippen MR) is 257 cm³/mol. The van der Waals surface area contributed by atoms with Crippen molar-refractivity contribution in [2.75, 3.05) is 4.90 Å². The molecule has 0 radical (unpaired) electrons. The van der Waals surface area contributed by atoms with E-state index < -0.39 is 0 Å². The number of hydrogen-bond donors (Lipinski definition) is 0. The van der Waals surface area contributed by atoms with Gasteiger partial charge in [-0.25, -0.2) is 0 Å². The molecule has 0 atom stereocenters. The number of anilines is 3. The summed E-state index contributed by atoms with van der Waals surface area (Å²) in [7, 11) is 0. The molecular weight excluding hydrogens is 725 g/mol. The number of benzene rings is 11. The molecule has 0 saturated carbocycles. The Kier molecular flexibility index (Phi) is 7.05.